The first-order chi connectivity index (χ1) is 10.7. The molecule has 0 aromatic rings. The van der Waals surface area contributed by atoms with E-state index in [1.54, 1.807) is 0 Å². The SMILES string of the molecule is OCC(O)C(O)C(O)C(O)CO.OC[C@@H]1O[C@H](CO)[C@@H](O)[C@@H]1O. The van der Waals surface area contributed by atoms with E-state index in [1.807, 2.05) is 0 Å². The van der Waals surface area contributed by atoms with Gasteiger partial charge in [0.15, 0.2) is 0 Å². The maximum absolute atomic E-state index is 9.11. The Balaban J connectivity index is 0.000000422. The van der Waals surface area contributed by atoms with Gasteiger partial charge in [0.25, 0.3) is 0 Å². The van der Waals surface area contributed by atoms with E-state index in [4.69, 9.17) is 55.8 Å². The summed E-state index contributed by atoms with van der Waals surface area (Å²) in [5, 5.41) is 87.6. The van der Waals surface area contributed by atoms with E-state index in [1.165, 1.54) is 0 Å². The molecule has 11 nitrogen and oxygen atoms in total. The summed E-state index contributed by atoms with van der Waals surface area (Å²) in [6.07, 6.45) is -10.1. The number of hydrogen-bond donors (Lipinski definition) is 10. The lowest BCUT2D eigenvalue weighted by Gasteiger charge is -2.24. The number of rotatable bonds is 7. The van der Waals surface area contributed by atoms with Gasteiger partial charge in [0.2, 0.25) is 0 Å². The summed E-state index contributed by atoms with van der Waals surface area (Å²) in [5.74, 6) is 0. The van der Waals surface area contributed by atoms with E-state index in [-0.39, 0.29) is 13.2 Å². The van der Waals surface area contributed by atoms with Gasteiger partial charge in [-0.15, -0.1) is 0 Å². The predicted molar refractivity (Wildman–Crippen MR) is 73.0 cm³/mol. The average molecular weight is 346 g/mol. The fourth-order valence-electron chi connectivity index (χ4n) is 1.80. The van der Waals surface area contributed by atoms with Gasteiger partial charge in [-0.3, -0.25) is 0 Å². The minimum atomic E-state index is -1.67. The normalized spacial score (nSPS) is 32.6. The van der Waals surface area contributed by atoms with Crippen LogP contribution in [0.4, 0.5) is 0 Å². The number of ether oxygens (including phenoxy) is 1. The van der Waals surface area contributed by atoms with Gasteiger partial charge < -0.3 is 55.8 Å². The third kappa shape index (κ3) is 6.52. The van der Waals surface area contributed by atoms with E-state index in [2.05, 4.69) is 0 Å². The fraction of sp³-hybridized carbons (Fsp3) is 1.00. The largest absolute Gasteiger partial charge is 0.394 e. The van der Waals surface area contributed by atoms with Crippen molar-refractivity contribution in [2.24, 2.45) is 0 Å². The lowest BCUT2D eigenvalue weighted by molar-refractivity contribution is -0.123. The highest BCUT2D eigenvalue weighted by molar-refractivity contribution is 4.89. The zero-order valence-corrected chi connectivity index (χ0v) is 12.3. The Bertz CT molecular complexity index is 273. The first-order valence-electron chi connectivity index (χ1n) is 6.92. The van der Waals surface area contributed by atoms with Crippen LogP contribution in [0.1, 0.15) is 0 Å². The van der Waals surface area contributed by atoms with Crippen LogP contribution >= 0.6 is 0 Å². The molecule has 0 spiro atoms. The summed E-state index contributed by atoms with van der Waals surface area (Å²) >= 11 is 0. The molecule has 1 heterocycles. The molecular weight excluding hydrogens is 320 g/mol. The van der Waals surface area contributed by atoms with Crippen molar-refractivity contribution in [3.05, 3.63) is 0 Å². The van der Waals surface area contributed by atoms with Crippen LogP contribution in [-0.4, -0.2) is 126 Å². The molecule has 1 aliphatic rings. The lowest BCUT2D eigenvalue weighted by Crippen LogP contribution is -2.46. The maximum atomic E-state index is 9.11. The molecule has 0 saturated carbocycles. The summed E-state index contributed by atoms with van der Waals surface area (Å²) in [6.45, 7) is -2.16. The van der Waals surface area contributed by atoms with Crippen molar-refractivity contribution in [3.8, 4) is 0 Å². The van der Waals surface area contributed by atoms with Crippen molar-refractivity contribution < 1.29 is 55.8 Å². The van der Waals surface area contributed by atoms with Crippen LogP contribution in [0.15, 0.2) is 0 Å². The molecule has 10 N–H and O–H groups in total. The molecule has 0 amide bonds. The molecule has 11 heteroatoms. The summed E-state index contributed by atoms with van der Waals surface area (Å²) < 4.78 is 4.88. The Hall–Kier alpha value is -0.440. The number of aliphatic hydroxyl groups is 10. The van der Waals surface area contributed by atoms with E-state index in [0.717, 1.165) is 0 Å². The molecule has 1 aliphatic heterocycles. The third-order valence-corrected chi connectivity index (χ3v) is 3.33. The van der Waals surface area contributed by atoms with E-state index in [0.29, 0.717) is 0 Å². The molecule has 1 fully saturated rings. The quantitative estimate of drug-likeness (QED) is 0.209. The Morgan fingerprint density at radius 1 is 0.652 bits per heavy atom. The lowest BCUT2D eigenvalue weighted by atomic mass is 10.0. The zero-order valence-electron chi connectivity index (χ0n) is 12.3. The first kappa shape index (κ1) is 22.6. The van der Waals surface area contributed by atoms with Crippen LogP contribution in [-0.2, 0) is 4.74 Å². The third-order valence-electron chi connectivity index (χ3n) is 3.33. The van der Waals surface area contributed by atoms with Gasteiger partial charge in [0.1, 0.15) is 48.8 Å². The molecule has 0 aromatic heterocycles. The van der Waals surface area contributed by atoms with Crippen molar-refractivity contribution in [1.82, 2.24) is 0 Å². The molecule has 0 bridgehead atoms. The van der Waals surface area contributed by atoms with Gasteiger partial charge in [-0.05, 0) is 0 Å². The molecule has 140 valence electrons. The van der Waals surface area contributed by atoms with Gasteiger partial charge >= 0.3 is 0 Å². The van der Waals surface area contributed by atoms with Crippen LogP contribution in [0.3, 0.4) is 0 Å². The van der Waals surface area contributed by atoms with Crippen LogP contribution in [0, 0.1) is 0 Å². The topological polar surface area (TPSA) is 212 Å². The Morgan fingerprint density at radius 2 is 0.957 bits per heavy atom. The van der Waals surface area contributed by atoms with Crippen LogP contribution in [0.2, 0.25) is 0 Å². The van der Waals surface area contributed by atoms with Crippen LogP contribution in [0.5, 0.6) is 0 Å². The monoisotopic (exact) mass is 346 g/mol. The summed E-state index contributed by atoms with van der Waals surface area (Å²) in [4.78, 5) is 0. The minimum absolute atomic E-state index is 0.352. The minimum Gasteiger partial charge on any atom is -0.394 e. The molecule has 0 aliphatic carbocycles. The highest BCUT2D eigenvalue weighted by atomic mass is 16.6. The Morgan fingerprint density at radius 3 is 1.13 bits per heavy atom. The zero-order chi connectivity index (χ0) is 18.2. The van der Waals surface area contributed by atoms with Gasteiger partial charge in [-0.2, -0.15) is 0 Å². The predicted octanol–water partition coefficient (Wildman–Crippen LogP) is -6.13. The molecule has 1 saturated heterocycles. The van der Waals surface area contributed by atoms with Gasteiger partial charge in [-0.1, -0.05) is 0 Å². The van der Waals surface area contributed by atoms with E-state index in [9.17, 15) is 0 Å². The van der Waals surface area contributed by atoms with Crippen LogP contribution < -0.4 is 0 Å². The highest BCUT2D eigenvalue weighted by Gasteiger charge is 2.41. The standard InChI is InChI=1S/C6H14O6.C6H12O5/c7-1-3(9)5(11)6(12)4(10)2-8;7-1-3-5(9)6(10)4(2-8)11-3/h3-12H,1-2H2;3-10H,1-2H2/t;3-,4+,5-,6-/m.1/s1. The van der Waals surface area contributed by atoms with Crippen molar-refractivity contribution in [3.63, 3.8) is 0 Å². The first-order valence-corrected chi connectivity index (χ1v) is 6.92. The smallest absolute Gasteiger partial charge is 0.111 e. The summed E-state index contributed by atoms with van der Waals surface area (Å²) in [5.41, 5.74) is 0. The molecule has 0 aromatic carbocycles. The summed E-state index contributed by atoms with van der Waals surface area (Å²) in [6, 6.07) is 0. The van der Waals surface area contributed by atoms with Gasteiger partial charge in [-0.25, -0.2) is 0 Å². The number of aliphatic hydroxyl groups excluding tert-OH is 10. The van der Waals surface area contributed by atoms with Crippen molar-refractivity contribution in [1.29, 1.82) is 0 Å². The Labute approximate surface area is 132 Å². The van der Waals surface area contributed by atoms with Gasteiger partial charge in [0, 0.05) is 0 Å². The molecular formula is C12H26O11. The van der Waals surface area contributed by atoms with Gasteiger partial charge in [0.05, 0.1) is 26.4 Å². The molecule has 8 atom stereocenters. The number of hydrogen-bond acceptors (Lipinski definition) is 11. The second kappa shape index (κ2) is 11.2. The second-order valence-electron chi connectivity index (χ2n) is 5.04. The van der Waals surface area contributed by atoms with Crippen molar-refractivity contribution in [2.45, 2.75) is 48.8 Å². The maximum Gasteiger partial charge on any atom is 0.111 e. The molecule has 1 rings (SSSR count). The highest BCUT2D eigenvalue weighted by Crippen LogP contribution is 2.20. The fourth-order valence-corrected chi connectivity index (χ4v) is 1.80. The molecule has 0 radical (unpaired) electrons. The van der Waals surface area contributed by atoms with Crippen molar-refractivity contribution in [2.75, 3.05) is 26.4 Å². The van der Waals surface area contributed by atoms with Crippen LogP contribution in [0.25, 0.3) is 0 Å². The van der Waals surface area contributed by atoms with E-state index < -0.39 is 62.0 Å². The molecule has 23 heavy (non-hydrogen) atoms. The average Bonchev–Trinajstić information content (AvgIpc) is 2.86. The Kier molecular flexibility index (Phi) is 11.0. The molecule has 4 unspecified atom stereocenters. The second-order valence-corrected chi connectivity index (χ2v) is 5.04. The van der Waals surface area contributed by atoms with Crippen molar-refractivity contribution >= 4 is 0 Å². The van der Waals surface area contributed by atoms with E-state index >= 15 is 0 Å². The summed E-state index contributed by atoms with van der Waals surface area (Å²) in [7, 11) is 0.